The first-order valence-electron chi connectivity index (χ1n) is 5.32. The van der Waals surface area contributed by atoms with Crippen molar-refractivity contribution in [1.29, 1.82) is 0 Å². The van der Waals surface area contributed by atoms with Crippen molar-refractivity contribution in [2.75, 3.05) is 0 Å². The van der Waals surface area contributed by atoms with Gasteiger partial charge in [0.05, 0.1) is 11.0 Å². The van der Waals surface area contributed by atoms with Crippen LogP contribution in [0.1, 0.15) is 21.5 Å². The van der Waals surface area contributed by atoms with Crippen molar-refractivity contribution in [2.45, 2.75) is 19.4 Å². The standard InChI is InChI=1S/C12H14BrN3S/c1-8-15-7-12(17-8)11(16-14)6-9-3-2-4-10(13)5-9/h2-5,7,11,16H,6,14H2,1H3. The highest BCUT2D eigenvalue weighted by Crippen LogP contribution is 2.24. The van der Waals surface area contributed by atoms with Crippen LogP contribution in [0.25, 0.3) is 0 Å². The Hall–Kier alpha value is -0.750. The summed E-state index contributed by atoms with van der Waals surface area (Å²) in [5.41, 5.74) is 4.10. The maximum absolute atomic E-state index is 5.62. The van der Waals surface area contributed by atoms with E-state index in [-0.39, 0.29) is 6.04 Å². The Morgan fingerprint density at radius 1 is 1.53 bits per heavy atom. The van der Waals surface area contributed by atoms with Gasteiger partial charge in [-0.05, 0) is 31.0 Å². The van der Waals surface area contributed by atoms with Crippen LogP contribution in [-0.4, -0.2) is 4.98 Å². The van der Waals surface area contributed by atoms with E-state index in [0.29, 0.717) is 0 Å². The lowest BCUT2D eigenvalue weighted by Gasteiger charge is -2.13. The van der Waals surface area contributed by atoms with Crippen LogP contribution < -0.4 is 11.3 Å². The highest BCUT2D eigenvalue weighted by atomic mass is 79.9. The summed E-state index contributed by atoms with van der Waals surface area (Å²) in [6, 6.07) is 8.38. The Labute approximate surface area is 113 Å². The van der Waals surface area contributed by atoms with Gasteiger partial charge in [-0.15, -0.1) is 11.3 Å². The molecule has 90 valence electrons. The zero-order valence-corrected chi connectivity index (χ0v) is 11.9. The first-order chi connectivity index (χ1) is 8.19. The number of hydrazine groups is 1. The maximum atomic E-state index is 5.62. The number of hydrogen-bond donors (Lipinski definition) is 2. The molecular formula is C12H14BrN3S. The fourth-order valence-electron chi connectivity index (χ4n) is 1.68. The van der Waals surface area contributed by atoms with Gasteiger partial charge in [0, 0.05) is 15.5 Å². The Morgan fingerprint density at radius 2 is 2.35 bits per heavy atom. The lowest BCUT2D eigenvalue weighted by molar-refractivity contribution is 0.559. The van der Waals surface area contributed by atoms with Crippen molar-refractivity contribution in [3.63, 3.8) is 0 Å². The quantitative estimate of drug-likeness (QED) is 0.674. The Bertz CT molecular complexity index is 498. The number of benzene rings is 1. The van der Waals surface area contributed by atoms with E-state index in [2.05, 4.69) is 38.5 Å². The predicted octanol–water partition coefficient (Wildman–Crippen LogP) is 2.96. The van der Waals surface area contributed by atoms with E-state index in [0.717, 1.165) is 15.9 Å². The van der Waals surface area contributed by atoms with Crippen molar-refractivity contribution >= 4 is 27.3 Å². The number of rotatable bonds is 4. The molecule has 0 bridgehead atoms. The highest BCUT2D eigenvalue weighted by molar-refractivity contribution is 9.10. The van der Waals surface area contributed by atoms with Crippen molar-refractivity contribution in [3.8, 4) is 0 Å². The van der Waals surface area contributed by atoms with E-state index in [1.54, 1.807) is 11.3 Å². The molecule has 0 saturated heterocycles. The molecule has 0 fully saturated rings. The molecule has 1 unspecified atom stereocenters. The summed E-state index contributed by atoms with van der Waals surface area (Å²) < 4.78 is 1.09. The largest absolute Gasteiger partial charge is 0.271 e. The Morgan fingerprint density at radius 3 is 2.94 bits per heavy atom. The summed E-state index contributed by atoms with van der Waals surface area (Å²) in [5, 5.41) is 1.06. The van der Waals surface area contributed by atoms with Crippen LogP contribution in [0.3, 0.4) is 0 Å². The number of nitrogens with two attached hydrogens (primary N) is 1. The lowest BCUT2D eigenvalue weighted by Crippen LogP contribution is -2.28. The molecule has 17 heavy (non-hydrogen) atoms. The summed E-state index contributed by atoms with van der Waals surface area (Å²) in [4.78, 5) is 5.43. The minimum absolute atomic E-state index is 0.121. The smallest absolute Gasteiger partial charge is 0.0897 e. The zero-order valence-electron chi connectivity index (χ0n) is 9.48. The minimum Gasteiger partial charge on any atom is -0.271 e. The third-order valence-corrected chi connectivity index (χ3v) is 4.03. The minimum atomic E-state index is 0.121. The average Bonchev–Trinajstić information content (AvgIpc) is 2.73. The normalized spacial score (nSPS) is 12.6. The predicted molar refractivity (Wildman–Crippen MR) is 74.8 cm³/mol. The van der Waals surface area contributed by atoms with E-state index in [1.165, 1.54) is 10.4 Å². The van der Waals surface area contributed by atoms with E-state index in [4.69, 9.17) is 5.84 Å². The highest BCUT2D eigenvalue weighted by Gasteiger charge is 2.13. The molecule has 0 aliphatic rings. The van der Waals surface area contributed by atoms with E-state index < -0.39 is 0 Å². The third-order valence-electron chi connectivity index (χ3n) is 2.51. The van der Waals surface area contributed by atoms with Gasteiger partial charge >= 0.3 is 0 Å². The number of thiazole rings is 1. The molecule has 0 spiro atoms. The van der Waals surface area contributed by atoms with E-state index >= 15 is 0 Å². The van der Waals surface area contributed by atoms with Crippen LogP contribution in [-0.2, 0) is 6.42 Å². The molecule has 5 heteroatoms. The van der Waals surface area contributed by atoms with Gasteiger partial charge in [-0.2, -0.15) is 0 Å². The van der Waals surface area contributed by atoms with Gasteiger partial charge < -0.3 is 0 Å². The Kier molecular flexibility index (Phi) is 4.28. The molecule has 1 atom stereocenters. The molecule has 0 aliphatic heterocycles. The number of aromatic nitrogens is 1. The lowest BCUT2D eigenvalue weighted by atomic mass is 10.1. The molecule has 0 amide bonds. The fourth-order valence-corrected chi connectivity index (χ4v) is 2.97. The van der Waals surface area contributed by atoms with Crippen LogP contribution in [0, 0.1) is 6.92 Å². The molecule has 2 rings (SSSR count). The fraction of sp³-hybridized carbons (Fsp3) is 0.250. The van der Waals surface area contributed by atoms with Gasteiger partial charge in [-0.25, -0.2) is 4.98 Å². The number of nitrogens with one attached hydrogen (secondary N) is 1. The van der Waals surface area contributed by atoms with Gasteiger partial charge in [0.15, 0.2) is 0 Å². The Balaban J connectivity index is 2.15. The number of aryl methyl sites for hydroxylation is 1. The average molecular weight is 312 g/mol. The molecule has 0 radical (unpaired) electrons. The summed E-state index contributed by atoms with van der Waals surface area (Å²) in [5.74, 6) is 5.62. The molecule has 0 aliphatic carbocycles. The second kappa shape index (κ2) is 5.73. The maximum Gasteiger partial charge on any atom is 0.0897 e. The van der Waals surface area contributed by atoms with Crippen molar-refractivity contribution < 1.29 is 0 Å². The number of nitrogens with zero attached hydrogens (tertiary/aromatic N) is 1. The van der Waals surface area contributed by atoms with Gasteiger partial charge in [-0.1, -0.05) is 28.1 Å². The van der Waals surface area contributed by atoms with Crippen LogP contribution in [0.15, 0.2) is 34.9 Å². The van der Waals surface area contributed by atoms with Crippen LogP contribution in [0.5, 0.6) is 0 Å². The van der Waals surface area contributed by atoms with Crippen molar-refractivity contribution in [1.82, 2.24) is 10.4 Å². The summed E-state index contributed by atoms with van der Waals surface area (Å²) in [6.45, 7) is 2.00. The topological polar surface area (TPSA) is 50.9 Å². The monoisotopic (exact) mass is 311 g/mol. The van der Waals surface area contributed by atoms with Gasteiger partial charge in [0.2, 0.25) is 0 Å². The van der Waals surface area contributed by atoms with E-state index in [9.17, 15) is 0 Å². The van der Waals surface area contributed by atoms with E-state index in [1.807, 2.05) is 25.3 Å². The molecule has 2 aromatic rings. The molecular weight excluding hydrogens is 298 g/mol. The van der Waals surface area contributed by atoms with Gasteiger partial charge in [-0.3, -0.25) is 11.3 Å². The third kappa shape index (κ3) is 3.35. The zero-order chi connectivity index (χ0) is 12.3. The van der Waals surface area contributed by atoms with Crippen LogP contribution in [0.2, 0.25) is 0 Å². The van der Waals surface area contributed by atoms with Gasteiger partial charge in [0.25, 0.3) is 0 Å². The first kappa shape index (κ1) is 12.7. The number of hydrogen-bond acceptors (Lipinski definition) is 4. The second-order valence-electron chi connectivity index (χ2n) is 3.83. The van der Waals surface area contributed by atoms with Crippen molar-refractivity contribution in [3.05, 3.63) is 50.4 Å². The first-order valence-corrected chi connectivity index (χ1v) is 6.93. The van der Waals surface area contributed by atoms with Crippen LogP contribution >= 0.6 is 27.3 Å². The van der Waals surface area contributed by atoms with Crippen LogP contribution in [0.4, 0.5) is 0 Å². The summed E-state index contributed by atoms with van der Waals surface area (Å²) >= 11 is 5.15. The SMILES string of the molecule is Cc1ncc(C(Cc2cccc(Br)c2)NN)s1. The molecule has 3 nitrogen and oxygen atoms in total. The summed E-state index contributed by atoms with van der Waals surface area (Å²) in [7, 11) is 0. The van der Waals surface area contributed by atoms with Crippen molar-refractivity contribution in [2.24, 2.45) is 5.84 Å². The molecule has 3 N–H and O–H groups in total. The second-order valence-corrected chi connectivity index (χ2v) is 6.02. The molecule has 1 aromatic heterocycles. The summed E-state index contributed by atoms with van der Waals surface area (Å²) in [6.07, 6.45) is 2.75. The molecule has 1 aromatic carbocycles. The molecule has 1 heterocycles. The molecule has 0 saturated carbocycles. The van der Waals surface area contributed by atoms with Gasteiger partial charge in [0.1, 0.15) is 0 Å². The number of halogens is 1.